The molecule has 33 heavy (non-hydrogen) atoms. The summed E-state index contributed by atoms with van der Waals surface area (Å²) in [4.78, 5) is 13.3. The molecule has 1 heterocycles. The van der Waals surface area contributed by atoms with Crippen molar-refractivity contribution in [2.24, 2.45) is 29.1 Å². The summed E-state index contributed by atoms with van der Waals surface area (Å²) in [6.07, 6.45) is 14.0. The predicted molar refractivity (Wildman–Crippen MR) is 128 cm³/mol. The molecular formula is C27H38N2O3S. The zero-order chi connectivity index (χ0) is 22.6. The first-order valence-corrected chi connectivity index (χ1v) is 14.7. The fraction of sp³-hybridized carbons (Fsp3) is 0.741. The van der Waals surface area contributed by atoms with Gasteiger partial charge >= 0.3 is 0 Å². The molecule has 180 valence electrons. The lowest BCUT2D eigenvalue weighted by atomic mass is 9.49. The van der Waals surface area contributed by atoms with Crippen molar-refractivity contribution in [3.8, 4) is 0 Å². The number of sulfonamides is 1. The average molecular weight is 471 g/mol. The molecule has 0 atom stereocenters. The number of fused-ring (bicyclic) bond motifs is 1. The predicted octanol–water partition coefficient (Wildman–Crippen LogP) is 4.30. The molecule has 7 rings (SSSR count). The first kappa shape index (κ1) is 22.1. The Morgan fingerprint density at radius 2 is 1.61 bits per heavy atom. The molecule has 5 aliphatic carbocycles. The van der Waals surface area contributed by atoms with Gasteiger partial charge in [0.15, 0.2) is 0 Å². The van der Waals surface area contributed by atoms with E-state index in [1.165, 1.54) is 49.7 Å². The number of hydrogen-bond donors (Lipinski definition) is 1. The molecule has 6 heteroatoms. The standard InChI is InChI=1S/C27H38N2O3S/c30-26(28-9-8-27-16-19-12-20(17-27)14-21(13-19)18-27)23-6-10-29(11-7-23)33(31,32)25-5-4-22-2-1-3-24(22)15-25/h4-5,15,19-21,23H,1-3,6-14,16-18H2,(H,28,30). The van der Waals surface area contributed by atoms with Crippen LogP contribution in [0.2, 0.25) is 0 Å². The minimum atomic E-state index is -3.47. The van der Waals surface area contributed by atoms with E-state index in [0.717, 1.165) is 50.0 Å². The summed E-state index contributed by atoms with van der Waals surface area (Å²) in [5.74, 6) is 2.92. The van der Waals surface area contributed by atoms with E-state index in [1.54, 1.807) is 10.4 Å². The molecule has 1 amide bonds. The van der Waals surface area contributed by atoms with Gasteiger partial charge in [0.25, 0.3) is 0 Å². The van der Waals surface area contributed by atoms with Crippen molar-refractivity contribution in [3.05, 3.63) is 29.3 Å². The Bertz CT molecular complexity index is 991. The lowest BCUT2D eigenvalue weighted by Gasteiger charge is -2.57. The van der Waals surface area contributed by atoms with Crippen LogP contribution in [0.3, 0.4) is 0 Å². The largest absolute Gasteiger partial charge is 0.356 e. The first-order valence-electron chi connectivity index (χ1n) is 13.3. The topological polar surface area (TPSA) is 66.5 Å². The van der Waals surface area contributed by atoms with Gasteiger partial charge in [0.2, 0.25) is 15.9 Å². The van der Waals surface area contributed by atoms with E-state index < -0.39 is 10.0 Å². The van der Waals surface area contributed by atoms with Gasteiger partial charge < -0.3 is 5.32 Å². The van der Waals surface area contributed by atoms with Gasteiger partial charge in [-0.25, -0.2) is 8.42 Å². The number of amides is 1. The van der Waals surface area contributed by atoms with Crippen LogP contribution in [0.1, 0.15) is 75.3 Å². The SMILES string of the molecule is O=C(NCCC12CC3CC(CC(C3)C1)C2)C1CCN(S(=O)(=O)c2ccc3c(c2)CCC3)CC1. The minimum absolute atomic E-state index is 0.0622. The lowest BCUT2D eigenvalue weighted by Crippen LogP contribution is -2.48. The molecule has 6 aliphatic rings. The second-order valence-electron chi connectivity index (χ2n) is 11.9. The van der Waals surface area contributed by atoms with E-state index in [4.69, 9.17) is 0 Å². The van der Waals surface area contributed by atoms with Crippen molar-refractivity contribution in [2.75, 3.05) is 19.6 Å². The van der Waals surface area contributed by atoms with Crippen molar-refractivity contribution in [1.29, 1.82) is 0 Å². The van der Waals surface area contributed by atoms with Gasteiger partial charge in [-0.1, -0.05) is 6.07 Å². The molecule has 0 unspecified atom stereocenters. The molecule has 1 N–H and O–H groups in total. The van der Waals surface area contributed by atoms with Crippen molar-refractivity contribution >= 4 is 15.9 Å². The molecular weight excluding hydrogens is 432 g/mol. The van der Waals surface area contributed by atoms with Gasteiger partial charge in [-0.2, -0.15) is 4.31 Å². The highest BCUT2D eigenvalue weighted by atomic mass is 32.2. The summed E-state index contributed by atoms with van der Waals surface area (Å²) in [7, 11) is -3.47. The molecule has 5 fully saturated rings. The number of piperidine rings is 1. The summed E-state index contributed by atoms with van der Waals surface area (Å²) in [6.45, 7) is 1.66. The molecule has 1 saturated heterocycles. The van der Waals surface area contributed by atoms with Gasteiger partial charge in [0.05, 0.1) is 4.90 Å². The van der Waals surface area contributed by atoms with Crippen LogP contribution < -0.4 is 5.32 Å². The van der Waals surface area contributed by atoms with Crippen LogP contribution in [-0.4, -0.2) is 38.3 Å². The lowest BCUT2D eigenvalue weighted by molar-refractivity contribution is -0.126. The molecule has 0 radical (unpaired) electrons. The first-order chi connectivity index (χ1) is 15.9. The number of nitrogens with one attached hydrogen (secondary N) is 1. The molecule has 4 bridgehead atoms. The number of carbonyl (C=O) groups excluding carboxylic acids is 1. The van der Waals surface area contributed by atoms with Gasteiger partial charge in [0.1, 0.15) is 0 Å². The summed E-state index contributed by atoms with van der Waals surface area (Å²) in [6, 6.07) is 5.63. The molecule has 0 spiro atoms. The summed E-state index contributed by atoms with van der Waals surface area (Å²) in [5.41, 5.74) is 2.97. The Labute approximate surface area is 198 Å². The fourth-order valence-corrected chi connectivity index (χ4v) is 9.93. The zero-order valence-electron chi connectivity index (χ0n) is 19.7. The highest BCUT2D eigenvalue weighted by molar-refractivity contribution is 7.89. The third-order valence-electron chi connectivity index (χ3n) is 9.65. The second kappa shape index (κ2) is 8.37. The monoisotopic (exact) mass is 470 g/mol. The Kier molecular flexibility index (Phi) is 5.60. The van der Waals surface area contributed by atoms with Crippen LogP contribution in [0.25, 0.3) is 0 Å². The van der Waals surface area contributed by atoms with Crippen molar-refractivity contribution < 1.29 is 13.2 Å². The van der Waals surface area contributed by atoms with Gasteiger partial charge in [0, 0.05) is 25.6 Å². The van der Waals surface area contributed by atoms with Crippen molar-refractivity contribution in [3.63, 3.8) is 0 Å². The van der Waals surface area contributed by atoms with Crippen LogP contribution in [-0.2, 0) is 27.7 Å². The highest BCUT2D eigenvalue weighted by Gasteiger charge is 2.50. The van der Waals surface area contributed by atoms with Crippen LogP contribution >= 0.6 is 0 Å². The Balaban J connectivity index is 1.00. The number of carbonyl (C=O) groups is 1. The van der Waals surface area contributed by atoms with E-state index in [9.17, 15) is 13.2 Å². The molecule has 1 aliphatic heterocycles. The number of nitrogens with zero attached hydrogens (tertiary/aromatic N) is 1. The zero-order valence-corrected chi connectivity index (χ0v) is 20.5. The Morgan fingerprint density at radius 1 is 0.970 bits per heavy atom. The maximum atomic E-state index is 13.2. The van der Waals surface area contributed by atoms with Crippen molar-refractivity contribution in [1.82, 2.24) is 9.62 Å². The average Bonchev–Trinajstić information content (AvgIpc) is 3.26. The normalized spacial score (nSPS) is 33.9. The van der Waals surface area contributed by atoms with Crippen LogP contribution in [0.5, 0.6) is 0 Å². The smallest absolute Gasteiger partial charge is 0.243 e. The van der Waals surface area contributed by atoms with E-state index in [0.29, 0.717) is 36.2 Å². The fourth-order valence-electron chi connectivity index (χ4n) is 8.41. The third kappa shape index (κ3) is 4.16. The number of benzene rings is 1. The van der Waals surface area contributed by atoms with Crippen LogP contribution in [0.15, 0.2) is 23.1 Å². The highest BCUT2D eigenvalue weighted by Crippen LogP contribution is 2.61. The summed E-state index contributed by atoms with van der Waals surface area (Å²) < 4.78 is 27.9. The van der Waals surface area contributed by atoms with E-state index in [2.05, 4.69) is 5.32 Å². The Morgan fingerprint density at radius 3 is 2.27 bits per heavy atom. The summed E-state index contributed by atoms with van der Waals surface area (Å²) in [5, 5.41) is 3.23. The van der Waals surface area contributed by atoms with Crippen LogP contribution in [0.4, 0.5) is 0 Å². The van der Waals surface area contributed by atoms with E-state index in [1.807, 2.05) is 12.1 Å². The minimum Gasteiger partial charge on any atom is -0.356 e. The third-order valence-corrected chi connectivity index (χ3v) is 11.5. The molecule has 4 saturated carbocycles. The number of rotatable bonds is 6. The molecule has 0 aromatic heterocycles. The van der Waals surface area contributed by atoms with E-state index >= 15 is 0 Å². The number of aryl methyl sites for hydroxylation is 2. The van der Waals surface area contributed by atoms with Crippen molar-refractivity contribution in [2.45, 2.75) is 81.9 Å². The van der Waals surface area contributed by atoms with E-state index in [-0.39, 0.29) is 11.8 Å². The van der Waals surface area contributed by atoms with Gasteiger partial charge in [-0.3, -0.25) is 4.79 Å². The van der Waals surface area contributed by atoms with Gasteiger partial charge in [-0.15, -0.1) is 0 Å². The second-order valence-corrected chi connectivity index (χ2v) is 13.9. The number of hydrogen-bond acceptors (Lipinski definition) is 3. The molecule has 1 aromatic rings. The maximum absolute atomic E-state index is 13.2. The quantitative estimate of drug-likeness (QED) is 0.674. The van der Waals surface area contributed by atoms with Crippen LogP contribution in [0, 0.1) is 29.1 Å². The Hall–Kier alpha value is -1.40. The summed E-state index contributed by atoms with van der Waals surface area (Å²) >= 11 is 0. The molecule has 5 nitrogen and oxygen atoms in total. The van der Waals surface area contributed by atoms with Gasteiger partial charge in [-0.05, 0) is 123 Å². The molecule has 1 aromatic carbocycles. The maximum Gasteiger partial charge on any atom is 0.243 e.